The number of furan rings is 1. The molecule has 0 bridgehead atoms. The normalized spacial score (nSPS) is 20.9. The second-order valence-electron chi connectivity index (χ2n) is 5.50. The Kier molecular flexibility index (Phi) is 4.42. The van der Waals surface area contributed by atoms with Gasteiger partial charge in [0.15, 0.2) is 5.78 Å². The summed E-state index contributed by atoms with van der Waals surface area (Å²) in [6.07, 6.45) is 3.65. The fourth-order valence-corrected chi connectivity index (χ4v) is 3.03. The molecule has 0 N–H and O–H groups in total. The second-order valence-corrected chi connectivity index (χ2v) is 5.50. The first-order valence-corrected chi connectivity index (χ1v) is 7.70. The maximum absolute atomic E-state index is 12.6. The van der Waals surface area contributed by atoms with Crippen molar-refractivity contribution in [2.45, 2.75) is 19.3 Å². The van der Waals surface area contributed by atoms with Gasteiger partial charge in [-0.05, 0) is 42.7 Å². The highest BCUT2D eigenvalue weighted by molar-refractivity contribution is 6.10. The highest BCUT2D eigenvalue weighted by Gasteiger charge is 2.40. The number of ketones is 1. The Morgan fingerprint density at radius 1 is 1.22 bits per heavy atom. The number of carbonyl (C=O) groups is 2. The zero-order valence-corrected chi connectivity index (χ0v) is 12.9. The molecule has 0 saturated heterocycles. The maximum Gasteiger partial charge on any atom is 0.317 e. The Morgan fingerprint density at radius 2 is 2.00 bits per heavy atom. The highest BCUT2D eigenvalue weighted by Crippen LogP contribution is 2.40. The Labute approximate surface area is 134 Å². The molecule has 0 fully saturated rings. The number of benzene rings is 1. The topological polar surface area (TPSA) is 56.5 Å². The lowest BCUT2D eigenvalue weighted by Crippen LogP contribution is -2.33. The molecule has 1 aromatic heterocycles. The molecule has 3 rings (SSSR count). The molecule has 4 nitrogen and oxygen atoms in total. The average Bonchev–Trinajstić information content (AvgIpc) is 3.09. The molecule has 0 spiro atoms. The van der Waals surface area contributed by atoms with E-state index in [1.807, 2.05) is 36.4 Å². The molecule has 0 amide bonds. The van der Waals surface area contributed by atoms with Crippen LogP contribution < -0.4 is 0 Å². The summed E-state index contributed by atoms with van der Waals surface area (Å²) < 4.78 is 10.5. The molecule has 1 aliphatic carbocycles. The van der Waals surface area contributed by atoms with Crippen LogP contribution in [0.2, 0.25) is 0 Å². The van der Waals surface area contributed by atoms with Crippen LogP contribution in [0.15, 0.2) is 59.2 Å². The van der Waals surface area contributed by atoms with Gasteiger partial charge in [0.2, 0.25) is 0 Å². The smallest absolute Gasteiger partial charge is 0.317 e. The molecule has 2 aromatic rings. The van der Waals surface area contributed by atoms with Gasteiger partial charge >= 0.3 is 5.97 Å². The van der Waals surface area contributed by atoms with Crippen molar-refractivity contribution >= 4 is 17.3 Å². The van der Waals surface area contributed by atoms with Gasteiger partial charge in [-0.3, -0.25) is 9.59 Å². The molecular formula is C19H18O4. The van der Waals surface area contributed by atoms with Gasteiger partial charge < -0.3 is 9.15 Å². The summed E-state index contributed by atoms with van der Waals surface area (Å²) in [5.74, 6) is -1.05. The van der Waals surface area contributed by atoms with E-state index in [2.05, 4.69) is 0 Å². The number of hydrogen-bond acceptors (Lipinski definition) is 4. The average molecular weight is 310 g/mol. The van der Waals surface area contributed by atoms with Gasteiger partial charge in [0.25, 0.3) is 0 Å². The quantitative estimate of drug-likeness (QED) is 0.639. The largest absolute Gasteiger partial charge is 0.465 e. The molecule has 2 atom stereocenters. The first-order valence-electron chi connectivity index (χ1n) is 7.70. The van der Waals surface area contributed by atoms with Gasteiger partial charge in [0.1, 0.15) is 11.7 Å². The van der Waals surface area contributed by atoms with Crippen molar-refractivity contribution < 1.29 is 18.7 Å². The van der Waals surface area contributed by atoms with Crippen molar-refractivity contribution in [3.8, 4) is 0 Å². The molecule has 0 radical (unpaired) electrons. The zero-order chi connectivity index (χ0) is 16.2. The summed E-state index contributed by atoms with van der Waals surface area (Å²) >= 11 is 0. The molecular weight excluding hydrogens is 292 g/mol. The zero-order valence-electron chi connectivity index (χ0n) is 12.9. The Balaban J connectivity index is 2.00. The van der Waals surface area contributed by atoms with E-state index in [4.69, 9.17) is 9.15 Å². The summed E-state index contributed by atoms with van der Waals surface area (Å²) in [7, 11) is 0. The number of rotatable bonds is 4. The van der Waals surface area contributed by atoms with Crippen LogP contribution in [0.3, 0.4) is 0 Å². The molecule has 0 saturated carbocycles. The maximum atomic E-state index is 12.6. The van der Waals surface area contributed by atoms with E-state index in [1.54, 1.807) is 19.3 Å². The van der Waals surface area contributed by atoms with Crippen LogP contribution in [0.25, 0.3) is 5.57 Å². The molecule has 4 heteroatoms. The van der Waals surface area contributed by atoms with Crippen LogP contribution >= 0.6 is 0 Å². The van der Waals surface area contributed by atoms with E-state index in [9.17, 15) is 9.59 Å². The Morgan fingerprint density at radius 3 is 2.65 bits per heavy atom. The lowest BCUT2D eigenvalue weighted by molar-refractivity contribution is -0.151. The van der Waals surface area contributed by atoms with E-state index in [0.29, 0.717) is 12.2 Å². The summed E-state index contributed by atoms with van der Waals surface area (Å²) in [4.78, 5) is 24.9. The van der Waals surface area contributed by atoms with Crippen LogP contribution in [0, 0.1) is 5.92 Å². The van der Waals surface area contributed by atoms with E-state index in [-0.39, 0.29) is 18.3 Å². The van der Waals surface area contributed by atoms with Gasteiger partial charge in [-0.1, -0.05) is 30.3 Å². The van der Waals surface area contributed by atoms with Gasteiger partial charge in [-0.15, -0.1) is 0 Å². The highest BCUT2D eigenvalue weighted by atomic mass is 16.5. The third-order valence-corrected chi connectivity index (χ3v) is 4.07. The Bertz CT molecular complexity index is 713. The van der Waals surface area contributed by atoms with Crippen LogP contribution in [0.5, 0.6) is 0 Å². The van der Waals surface area contributed by atoms with Crippen LogP contribution in [0.4, 0.5) is 0 Å². The number of hydrogen-bond donors (Lipinski definition) is 0. The van der Waals surface area contributed by atoms with E-state index in [1.165, 1.54) is 6.08 Å². The first-order chi connectivity index (χ1) is 11.2. The molecule has 1 aromatic carbocycles. The minimum Gasteiger partial charge on any atom is -0.465 e. The fraction of sp³-hybridized carbons (Fsp3) is 0.263. The number of allylic oxidation sites excluding steroid dienone is 2. The van der Waals surface area contributed by atoms with Crippen LogP contribution in [0.1, 0.15) is 30.6 Å². The molecule has 1 heterocycles. The fourth-order valence-electron chi connectivity index (χ4n) is 3.03. The minimum atomic E-state index is -0.795. The molecule has 0 aliphatic heterocycles. The lowest BCUT2D eigenvalue weighted by Gasteiger charge is -2.28. The van der Waals surface area contributed by atoms with Gasteiger partial charge in [-0.2, -0.15) is 0 Å². The lowest BCUT2D eigenvalue weighted by atomic mass is 9.74. The Hall–Kier alpha value is -2.62. The number of ether oxygens (including phenoxy) is 1. The van der Waals surface area contributed by atoms with Crippen molar-refractivity contribution in [2.75, 3.05) is 6.61 Å². The number of esters is 1. The van der Waals surface area contributed by atoms with Crippen LogP contribution in [-0.4, -0.2) is 18.4 Å². The molecule has 23 heavy (non-hydrogen) atoms. The molecule has 1 aliphatic rings. The first kappa shape index (κ1) is 15.3. The van der Waals surface area contributed by atoms with Crippen molar-refractivity contribution in [2.24, 2.45) is 5.92 Å². The third-order valence-electron chi connectivity index (χ3n) is 4.07. The summed E-state index contributed by atoms with van der Waals surface area (Å²) in [5, 5.41) is 0. The van der Waals surface area contributed by atoms with Gasteiger partial charge in [0, 0.05) is 5.92 Å². The second kappa shape index (κ2) is 6.65. The predicted molar refractivity (Wildman–Crippen MR) is 85.6 cm³/mol. The standard InChI is InChI=1S/C19H18O4/c1-2-22-19(21)18-15(13-7-4-3-5-8-13)11-14(12-16(18)20)17-9-6-10-23-17/h3-10,12,15,18H,2,11H2,1H3/t15-,18+/m0/s1. The molecule has 118 valence electrons. The van der Waals surface area contributed by atoms with E-state index >= 15 is 0 Å². The van der Waals surface area contributed by atoms with Crippen molar-refractivity contribution in [1.29, 1.82) is 0 Å². The summed E-state index contributed by atoms with van der Waals surface area (Å²) in [6.45, 7) is 2.01. The van der Waals surface area contributed by atoms with Gasteiger partial charge in [0.05, 0.1) is 12.9 Å². The van der Waals surface area contributed by atoms with Crippen molar-refractivity contribution in [1.82, 2.24) is 0 Å². The van der Waals surface area contributed by atoms with Gasteiger partial charge in [-0.25, -0.2) is 0 Å². The minimum absolute atomic E-state index is 0.227. The van der Waals surface area contributed by atoms with Crippen molar-refractivity contribution in [3.05, 3.63) is 66.1 Å². The van der Waals surface area contributed by atoms with E-state index in [0.717, 1.165) is 11.1 Å². The number of carbonyl (C=O) groups excluding carboxylic acids is 2. The van der Waals surface area contributed by atoms with E-state index < -0.39 is 11.9 Å². The predicted octanol–water partition coefficient (Wildman–Crippen LogP) is 3.60. The SMILES string of the molecule is CCOC(=O)[C@H]1C(=O)C=C(c2ccco2)C[C@H]1c1ccccc1. The van der Waals surface area contributed by atoms with Crippen LogP contribution in [-0.2, 0) is 14.3 Å². The molecule has 0 unspecified atom stereocenters. The summed E-state index contributed by atoms with van der Waals surface area (Å²) in [5.41, 5.74) is 1.77. The van der Waals surface area contributed by atoms with Crippen molar-refractivity contribution in [3.63, 3.8) is 0 Å². The monoisotopic (exact) mass is 310 g/mol. The third kappa shape index (κ3) is 3.11. The summed E-state index contributed by atoms with van der Waals surface area (Å²) in [6, 6.07) is 13.2.